The van der Waals surface area contributed by atoms with Crippen LogP contribution < -0.4 is 5.73 Å². The molecule has 3 aromatic rings. The van der Waals surface area contributed by atoms with E-state index in [1.54, 1.807) is 12.1 Å². The fourth-order valence-corrected chi connectivity index (χ4v) is 2.21. The Labute approximate surface area is 104 Å². The number of benzene rings is 2. The number of para-hydroxylation sites is 1. The molecule has 0 aliphatic rings. The number of hydrogen-bond donors (Lipinski definition) is 1. The topological polar surface area (TPSA) is 30.9 Å². The van der Waals surface area contributed by atoms with Crippen LogP contribution in [0.3, 0.4) is 0 Å². The first-order chi connectivity index (χ1) is 8.74. The van der Waals surface area contributed by atoms with Crippen molar-refractivity contribution in [3.63, 3.8) is 0 Å². The fourth-order valence-electron chi connectivity index (χ4n) is 2.21. The summed E-state index contributed by atoms with van der Waals surface area (Å²) in [5.41, 5.74) is 8.84. The van der Waals surface area contributed by atoms with Crippen LogP contribution in [0.1, 0.15) is 5.56 Å². The number of nitrogen functional groups attached to an aromatic ring is 1. The summed E-state index contributed by atoms with van der Waals surface area (Å²) in [6.45, 7) is 0.692. The Balaban J connectivity index is 2.02. The van der Waals surface area contributed by atoms with Crippen molar-refractivity contribution in [3.05, 3.63) is 66.1 Å². The zero-order valence-electron chi connectivity index (χ0n) is 9.81. The molecular weight excluding hydrogens is 227 g/mol. The molecule has 2 aromatic carbocycles. The van der Waals surface area contributed by atoms with Crippen LogP contribution in [0, 0.1) is 5.82 Å². The largest absolute Gasteiger partial charge is 0.397 e. The van der Waals surface area contributed by atoms with Gasteiger partial charge in [-0.2, -0.15) is 0 Å². The van der Waals surface area contributed by atoms with Gasteiger partial charge in [0.1, 0.15) is 5.82 Å². The summed E-state index contributed by atoms with van der Waals surface area (Å²) in [4.78, 5) is 0. The van der Waals surface area contributed by atoms with E-state index in [0.29, 0.717) is 6.54 Å². The summed E-state index contributed by atoms with van der Waals surface area (Å²) < 4.78 is 14.9. The van der Waals surface area contributed by atoms with E-state index in [2.05, 4.69) is 4.57 Å². The van der Waals surface area contributed by atoms with E-state index in [1.165, 1.54) is 12.1 Å². The monoisotopic (exact) mass is 240 g/mol. The molecule has 0 atom stereocenters. The molecule has 0 radical (unpaired) electrons. The van der Waals surface area contributed by atoms with Gasteiger partial charge in [0.25, 0.3) is 0 Å². The number of halogens is 1. The number of nitrogens with two attached hydrogens (primary N) is 1. The van der Waals surface area contributed by atoms with E-state index in [0.717, 1.165) is 22.2 Å². The molecule has 0 fully saturated rings. The molecule has 3 heteroatoms. The third-order valence-corrected chi connectivity index (χ3v) is 3.09. The maximum absolute atomic E-state index is 12.9. The van der Waals surface area contributed by atoms with Crippen molar-refractivity contribution in [1.29, 1.82) is 0 Å². The fraction of sp³-hybridized carbons (Fsp3) is 0.0667. The van der Waals surface area contributed by atoms with Crippen LogP contribution in [0.15, 0.2) is 54.7 Å². The number of fused-ring (bicyclic) bond motifs is 1. The lowest BCUT2D eigenvalue weighted by Crippen LogP contribution is -2.00. The maximum Gasteiger partial charge on any atom is 0.123 e. The third kappa shape index (κ3) is 1.84. The molecule has 0 unspecified atom stereocenters. The molecule has 0 amide bonds. The van der Waals surface area contributed by atoms with Gasteiger partial charge in [-0.3, -0.25) is 0 Å². The molecule has 3 rings (SSSR count). The zero-order valence-corrected chi connectivity index (χ0v) is 9.81. The highest BCUT2D eigenvalue weighted by Gasteiger charge is 2.04. The Morgan fingerprint density at radius 3 is 2.56 bits per heavy atom. The first-order valence-corrected chi connectivity index (χ1v) is 5.82. The average molecular weight is 240 g/mol. The molecule has 0 bridgehead atoms. The van der Waals surface area contributed by atoms with Crippen LogP contribution in [0.4, 0.5) is 10.1 Å². The molecule has 0 spiro atoms. The Hall–Kier alpha value is -2.29. The van der Waals surface area contributed by atoms with Crippen molar-refractivity contribution in [2.24, 2.45) is 0 Å². The van der Waals surface area contributed by atoms with Crippen LogP contribution in [0.2, 0.25) is 0 Å². The van der Waals surface area contributed by atoms with Gasteiger partial charge in [0.05, 0.1) is 11.2 Å². The van der Waals surface area contributed by atoms with Crippen molar-refractivity contribution in [1.82, 2.24) is 4.57 Å². The first-order valence-electron chi connectivity index (χ1n) is 5.82. The van der Waals surface area contributed by atoms with Crippen LogP contribution in [-0.4, -0.2) is 4.57 Å². The smallest absolute Gasteiger partial charge is 0.123 e. The molecule has 1 heterocycles. The van der Waals surface area contributed by atoms with Gasteiger partial charge in [-0.05, 0) is 29.8 Å². The lowest BCUT2D eigenvalue weighted by Gasteiger charge is -2.07. The summed E-state index contributed by atoms with van der Waals surface area (Å²) in [6, 6.07) is 14.4. The third-order valence-electron chi connectivity index (χ3n) is 3.09. The second kappa shape index (κ2) is 4.18. The van der Waals surface area contributed by atoms with Gasteiger partial charge >= 0.3 is 0 Å². The summed E-state index contributed by atoms with van der Waals surface area (Å²) >= 11 is 0. The minimum absolute atomic E-state index is 0.212. The van der Waals surface area contributed by atoms with Crippen molar-refractivity contribution in [2.75, 3.05) is 5.73 Å². The van der Waals surface area contributed by atoms with Crippen molar-refractivity contribution < 1.29 is 4.39 Å². The highest BCUT2D eigenvalue weighted by Crippen LogP contribution is 2.23. The number of nitrogens with zero attached hydrogens (tertiary/aromatic N) is 1. The van der Waals surface area contributed by atoms with Crippen LogP contribution >= 0.6 is 0 Å². The number of anilines is 1. The summed E-state index contributed by atoms with van der Waals surface area (Å²) in [5.74, 6) is -0.212. The molecule has 2 N–H and O–H groups in total. The van der Waals surface area contributed by atoms with E-state index < -0.39 is 0 Å². The van der Waals surface area contributed by atoms with Crippen molar-refractivity contribution in [2.45, 2.75) is 6.54 Å². The van der Waals surface area contributed by atoms with Gasteiger partial charge in [-0.25, -0.2) is 4.39 Å². The van der Waals surface area contributed by atoms with Crippen LogP contribution in [0.5, 0.6) is 0 Å². The van der Waals surface area contributed by atoms with Crippen molar-refractivity contribution in [3.8, 4) is 0 Å². The zero-order chi connectivity index (χ0) is 12.5. The molecule has 0 saturated carbocycles. The van der Waals surface area contributed by atoms with Gasteiger partial charge < -0.3 is 10.3 Å². The van der Waals surface area contributed by atoms with E-state index in [1.807, 2.05) is 30.5 Å². The standard InChI is InChI=1S/C15H13FN2/c16-13-6-4-11(5-7-13)10-18-9-8-12-2-1-3-14(17)15(12)18/h1-9H,10,17H2. The Bertz CT molecular complexity index is 683. The second-order valence-corrected chi connectivity index (χ2v) is 4.36. The van der Waals surface area contributed by atoms with Gasteiger partial charge in [0, 0.05) is 18.1 Å². The predicted molar refractivity (Wildman–Crippen MR) is 71.9 cm³/mol. The van der Waals surface area contributed by atoms with E-state index in [4.69, 9.17) is 5.73 Å². The highest BCUT2D eigenvalue weighted by atomic mass is 19.1. The van der Waals surface area contributed by atoms with Gasteiger partial charge in [-0.15, -0.1) is 0 Å². The Morgan fingerprint density at radius 2 is 1.78 bits per heavy atom. The molecule has 2 nitrogen and oxygen atoms in total. The van der Waals surface area contributed by atoms with E-state index in [9.17, 15) is 4.39 Å². The van der Waals surface area contributed by atoms with E-state index >= 15 is 0 Å². The molecule has 0 aliphatic carbocycles. The Morgan fingerprint density at radius 1 is 1.00 bits per heavy atom. The lowest BCUT2D eigenvalue weighted by molar-refractivity contribution is 0.626. The predicted octanol–water partition coefficient (Wildman–Crippen LogP) is 3.41. The molecule has 18 heavy (non-hydrogen) atoms. The number of hydrogen-bond acceptors (Lipinski definition) is 1. The molecule has 90 valence electrons. The van der Waals surface area contributed by atoms with Gasteiger partial charge in [-0.1, -0.05) is 24.3 Å². The number of rotatable bonds is 2. The minimum atomic E-state index is -0.212. The lowest BCUT2D eigenvalue weighted by atomic mass is 10.2. The minimum Gasteiger partial charge on any atom is -0.397 e. The quantitative estimate of drug-likeness (QED) is 0.684. The SMILES string of the molecule is Nc1cccc2ccn(Cc3ccc(F)cc3)c12. The highest BCUT2D eigenvalue weighted by molar-refractivity contribution is 5.90. The molecule has 0 saturated heterocycles. The Kier molecular flexibility index (Phi) is 2.52. The summed E-state index contributed by atoms with van der Waals surface area (Å²) in [6.07, 6.45) is 2.00. The van der Waals surface area contributed by atoms with Gasteiger partial charge in [0.2, 0.25) is 0 Å². The number of aromatic nitrogens is 1. The average Bonchev–Trinajstić information content (AvgIpc) is 2.77. The van der Waals surface area contributed by atoms with Crippen molar-refractivity contribution >= 4 is 16.6 Å². The molecular formula is C15H13FN2. The normalized spacial score (nSPS) is 10.9. The van der Waals surface area contributed by atoms with Gasteiger partial charge in [0.15, 0.2) is 0 Å². The first kappa shape index (κ1) is 10.8. The van der Waals surface area contributed by atoms with E-state index in [-0.39, 0.29) is 5.82 Å². The van der Waals surface area contributed by atoms with Crippen LogP contribution in [-0.2, 0) is 6.54 Å². The molecule has 0 aliphatic heterocycles. The van der Waals surface area contributed by atoms with Crippen LogP contribution in [0.25, 0.3) is 10.9 Å². The maximum atomic E-state index is 12.9. The summed E-state index contributed by atoms with van der Waals surface area (Å²) in [7, 11) is 0. The molecule has 1 aromatic heterocycles. The second-order valence-electron chi connectivity index (χ2n) is 4.36. The summed E-state index contributed by atoms with van der Waals surface area (Å²) in [5, 5.41) is 1.12.